The number of alkyl halides is 1. The zero-order chi connectivity index (χ0) is 29.8. The summed E-state index contributed by atoms with van der Waals surface area (Å²) in [5.74, 6) is -2.14. The van der Waals surface area contributed by atoms with E-state index in [1.54, 1.807) is 6.92 Å². The maximum Gasteiger partial charge on any atom is 0.202 e. The molecule has 0 aromatic heterocycles. The van der Waals surface area contributed by atoms with E-state index in [1.807, 2.05) is 0 Å². The van der Waals surface area contributed by atoms with E-state index >= 15 is 0 Å². The van der Waals surface area contributed by atoms with Gasteiger partial charge in [-0.05, 0) is 19.9 Å². The van der Waals surface area contributed by atoms with E-state index in [2.05, 4.69) is 0 Å². The number of phenols is 2. The van der Waals surface area contributed by atoms with Crippen LogP contribution in [-0.4, -0.2) is 85.9 Å². The lowest BCUT2D eigenvalue weighted by Gasteiger charge is -2.42. The summed E-state index contributed by atoms with van der Waals surface area (Å²) in [6.45, 7) is 2.88. The van der Waals surface area contributed by atoms with Crippen LogP contribution in [0.3, 0.4) is 0 Å². The molecule has 3 aliphatic rings. The molecule has 2 aromatic rings. The summed E-state index contributed by atoms with van der Waals surface area (Å²) >= 11 is 7.30. The number of aliphatic hydroxyl groups is 2. The second kappa shape index (κ2) is 11.2. The van der Waals surface area contributed by atoms with Crippen molar-refractivity contribution in [2.24, 2.45) is 0 Å². The summed E-state index contributed by atoms with van der Waals surface area (Å²) in [4.78, 5) is 39.9. The molecule has 1 aliphatic heterocycles. The van der Waals surface area contributed by atoms with Crippen molar-refractivity contribution in [3.05, 3.63) is 51.6 Å². The van der Waals surface area contributed by atoms with E-state index in [0.717, 1.165) is 0 Å². The standard InChI is InChI=1S/C29H31ClO10S/c1-12-24(32)18(41-8-7-30)9-19(39-12)40-17-11-29(37,13(2)31)10-15-21(17)28(36)23-22(26(15)34)25(33)14-5-4-6-16(38-3)20(14)27(23)35/h4-6,12,17-19,24,32,34,36-37H,7-11H2,1-3H3/t12-,17-,18+,19-,24+,29-/m0/s1. The Balaban J connectivity index is 1.63. The molecule has 10 nitrogen and oxygen atoms in total. The molecular formula is C29H31ClO10S. The van der Waals surface area contributed by atoms with Gasteiger partial charge in [-0.25, -0.2) is 0 Å². The van der Waals surface area contributed by atoms with Crippen LogP contribution in [0.4, 0.5) is 0 Å². The molecule has 0 radical (unpaired) electrons. The normalized spacial score (nSPS) is 29.0. The summed E-state index contributed by atoms with van der Waals surface area (Å²) in [6.07, 6.45) is -4.03. The molecule has 2 aliphatic carbocycles. The number of thioether (sulfide) groups is 1. The summed E-state index contributed by atoms with van der Waals surface area (Å²) in [5, 5.41) is 44.7. The number of hydrogen-bond acceptors (Lipinski definition) is 11. The number of fused-ring (bicyclic) bond motifs is 3. The van der Waals surface area contributed by atoms with Crippen LogP contribution < -0.4 is 4.74 Å². The molecule has 2 aromatic carbocycles. The SMILES string of the molecule is COc1cccc2c1C(=O)c1c(O)c3c(c(O)c1C2=O)C[C@@](O)(C(C)=O)C[C@@H]3O[C@H]1C[C@@H](SCCCl)[C@H](O)[C@H](C)O1. The third-order valence-corrected chi connectivity index (χ3v) is 9.86. The van der Waals surface area contributed by atoms with Crippen molar-refractivity contribution in [1.29, 1.82) is 0 Å². The van der Waals surface area contributed by atoms with Crippen LogP contribution in [0.15, 0.2) is 18.2 Å². The number of rotatable bonds is 7. The number of hydrogen-bond donors (Lipinski definition) is 4. The maximum absolute atomic E-state index is 13.7. The Morgan fingerprint density at radius 2 is 1.88 bits per heavy atom. The fourth-order valence-corrected chi connectivity index (χ4v) is 7.31. The van der Waals surface area contributed by atoms with E-state index in [9.17, 15) is 34.8 Å². The number of halogens is 1. The predicted molar refractivity (Wildman–Crippen MR) is 149 cm³/mol. The topological polar surface area (TPSA) is 160 Å². The van der Waals surface area contributed by atoms with Gasteiger partial charge in [0.1, 0.15) is 22.8 Å². The van der Waals surface area contributed by atoms with E-state index in [0.29, 0.717) is 11.6 Å². The summed E-state index contributed by atoms with van der Waals surface area (Å²) in [7, 11) is 1.35. The monoisotopic (exact) mass is 606 g/mol. The molecule has 12 heteroatoms. The molecule has 4 N–H and O–H groups in total. The molecule has 1 saturated heterocycles. The van der Waals surface area contributed by atoms with Crippen molar-refractivity contribution in [1.82, 2.24) is 0 Å². The van der Waals surface area contributed by atoms with Gasteiger partial charge in [-0.3, -0.25) is 14.4 Å². The van der Waals surface area contributed by atoms with E-state index in [1.165, 1.54) is 44.0 Å². The Morgan fingerprint density at radius 3 is 2.54 bits per heavy atom. The van der Waals surface area contributed by atoms with Crippen LogP contribution in [-0.2, 0) is 20.7 Å². The molecule has 41 heavy (non-hydrogen) atoms. The molecule has 1 fully saturated rings. The zero-order valence-corrected chi connectivity index (χ0v) is 24.3. The van der Waals surface area contributed by atoms with Crippen LogP contribution >= 0.6 is 23.4 Å². The lowest BCUT2D eigenvalue weighted by atomic mass is 9.72. The number of ketones is 3. The molecule has 220 valence electrons. The largest absolute Gasteiger partial charge is 0.507 e. The first-order valence-corrected chi connectivity index (χ1v) is 14.8. The Hall–Kier alpha value is -2.67. The van der Waals surface area contributed by atoms with Gasteiger partial charge in [-0.1, -0.05) is 12.1 Å². The van der Waals surface area contributed by atoms with Gasteiger partial charge in [0.05, 0.1) is 42.1 Å². The van der Waals surface area contributed by atoms with Gasteiger partial charge in [0.25, 0.3) is 0 Å². The Morgan fingerprint density at radius 1 is 1.17 bits per heavy atom. The van der Waals surface area contributed by atoms with Crippen LogP contribution in [0.5, 0.6) is 17.2 Å². The number of carbonyl (C=O) groups excluding carboxylic acids is 3. The highest BCUT2D eigenvalue weighted by Gasteiger charge is 2.49. The zero-order valence-electron chi connectivity index (χ0n) is 22.7. The highest BCUT2D eigenvalue weighted by atomic mass is 35.5. The average molecular weight is 607 g/mol. The van der Waals surface area contributed by atoms with Gasteiger partial charge in [0.2, 0.25) is 5.78 Å². The predicted octanol–water partition coefficient (Wildman–Crippen LogP) is 3.04. The third-order valence-electron chi connectivity index (χ3n) is 8.11. The number of phenolic OH excluding ortho intramolecular Hbond substituents is 2. The maximum atomic E-state index is 13.7. The van der Waals surface area contributed by atoms with Crippen molar-refractivity contribution in [2.75, 3.05) is 18.7 Å². The quantitative estimate of drug-likeness (QED) is 0.231. The van der Waals surface area contributed by atoms with E-state index < -0.39 is 76.6 Å². The van der Waals surface area contributed by atoms with Crippen LogP contribution in [0.1, 0.15) is 75.8 Å². The fourth-order valence-electron chi connectivity index (χ4n) is 5.94. The number of benzene rings is 2. The highest BCUT2D eigenvalue weighted by Crippen LogP contribution is 2.52. The van der Waals surface area contributed by atoms with Gasteiger partial charge in [-0.2, -0.15) is 11.8 Å². The van der Waals surface area contributed by atoms with Gasteiger partial charge >= 0.3 is 0 Å². The van der Waals surface area contributed by atoms with Crippen molar-refractivity contribution >= 4 is 40.7 Å². The Labute approximate surface area is 245 Å². The third kappa shape index (κ3) is 4.92. The number of ether oxygens (including phenoxy) is 3. The van der Waals surface area contributed by atoms with E-state index in [-0.39, 0.29) is 46.1 Å². The fraction of sp³-hybridized carbons (Fsp3) is 0.483. The number of aromatic hydroxyl groups is 2. The first kappa shape index (κ1) is 29.8. The minimum Gasteiger partial charge on any atom is -0.507 e. The minimum atomic E-state index is -1.99. The lowest BCUT2D eigenvalue weighted by molar-refractivity contribution is -0.241. The van der Waals surface area contributed by atoms with Gasteiger partial charge in [-0.15, -0.1) is 11.6 Å². The van der Waals surface area contributed by atoms with E-state index in [4.69, 9.17) is 25.8 Å². The van der Waals surface area contributed by atoms with Crippen LogP contribution in [0.25, 0.3) is 0 Å². The summed E-state index contributed by atoms with van der Waals surface area (Å²) in [5.41, 5.74) is -2.96. The second-order valence-electron chi connectivity index (χ2n) is 10.6. The average Bonchev–Trinajstić information content (AvgIpc) is 2.93. The Kier molecular flexibility index (Phi) is 8.14. The molecule has 0 spiro atoms. The molecule has 6 atom stereocenters. The van der Waals surface area contributed by atoms with Gasteiger partial charge < -0.3 is 34.6 Å². The van der Waals surface area contributed by atoms with Crippen LogP contribution in [0, 0.1) is 0 Å². The summed E-state index contributed by atoms with van der Waals surface area (Å²) in [6, 6.07) is 4.46. The number of methoxy groups -OCH3 is 1. The minimum absolute atomic E-state index is 0.00872. The smallest absolute Gasteiger partial charge is 0.202 e. The second-order valence-corrected chi connectivity index (χ2v) is 12.3. The van der Waals surface area contributed by atoms with Crippen LogP contribution in [0.2, 0.25) is 0 Å². The number of aliphatic hydroxyl groups excluding tert-OH is 1. The highest BCUT2D eigenvalue weighted by molar-refractivity contribution is 8.00. The van der Waals surface area contributed by atoms with Crippen molar-refractivity contribution in [3.63, 3.8) is 0 Å². The molecular weight excluding hydrogens is 576 g/mol. The van der Waals surface area contributed by atoms with Crippen molar-refractivity contribution < 1.29 is 49.0 Å². The van der Waals surface area contributed by atoms with Gasteiger partial charge in [0, 0.05) is 52.8 Å². The number of Topliss-reactive ketones (excluding diaryl/α,β-unsaturated/α-hetero) is 1. The molecule has 0 amide bonds. The first-order valence-electron chi connectivity index (χ1n) is 13.2. The molecule has 0 saturated carbocycles. The molecule has 0 bridgehead atoms. The lowest BCUT2D eigenvalue weighted by Crippen LogP contribution is -2.49. The van der Waals surface area contributed by atoms with Gasteiger partial charge in [0.15, 0.2) is 17.9 Å². The molecule has 5 rings (SSSR count). The first-order chi connectivity index (χ1) is 19.4. The summed E-state index contributed by atoms with van der Waals surface area (Å²) < 4.78 is 17.4. The van der Waals surface area contributed by atoms with Crippen molar-refractivity contribution in [2.45, 2.75) is 68.6 Å². The Bertz CT molecular complexity index is 1430. The molecule has 1 heterocycles. The molecule has 0 unspecified atom stereocenters. The van der Waals surface area contributed by atoms with Crippen molar-refractivity contribution in [3.8, 4) is 17.2 Å². The number of carbonyl (C=O) groups is 3.